The van der Waals surface area contributed by atoms with E-state index in [2.05, 4.69) is 5.32 Å². The SMILES string of the molecule is CCN(C(=O)N[C@H](C)C(=O)O)c1ccccc1F. The van der Waals surface area contributed by atoms with Crippen molar-refractivity contribution in [3.8, 4) is 0 Å². The molecule has 0 fully saturated rings. The molecule has 1 rings (SSSR count). The molecule has 0 radical (unpaired) electrons. The number of carboxylic acids is 1. The Bertz CT molecular complexity index is 451. The minimum Gasteiger partial charge on any atom is -0.480 e. The molecule has 2 N–H and O–H groups in total. The Morgan fingerprint density at radius 1 is 1.44 bits per heavy atom. The van der Waals surface area contributed by atoms with Crippen LogP contribution in [0.25, 0.3) is 0 Å². The monoisotopic (exact) mass is 254 g/mol. The molecule has 0 aliphatic rings. The van der Waals surface area contributed by atoms with Gasteiger partial charge in [0.05, 0.1) is 5.69 Å². The molecule has 1 aromatic rings. The zero-order valence-electron chi connectivity index (χ0n) is 10.2. The topological polar surface area (TPSA) is 69.6 Å². The van der Waals surface area contributed by atoms with E-state index < -0.39 is 23.9 Å². The van der Waals surface area contributed by atoms with Crippen LogP contribution in [0.4, 0.5) is 14.9 Å². The molecule has 1 atom stereocenters. The van der Waals surface area contributed by atoms with E-state index in [1.54, 1.807) is 13.0 Å². The van der Waals surface area contributed by atoms with E-state index >= 15 is 0 Å². The van der Waals surface area contributed by atoms with Gasteiger partial charge in [0.1, 0.15) is 11.9 Å². The van der Waals surface area contributed by atoms with Crippen molar-refractivity contribution in [1.82, 2.24) is 5.32 Å². The average molecular weight is 254 g/mol. The predicted octanol–water partition coefficient (Wildman–Crippen LogP) is 1.83. The normalized spacial score (nSPS) is 11.7. The van der Waals surface area contributed by atoms with E-state index in [9.17, 15) is 14.0 Å². The maximum absolute atomic E-state index is 13.5. The number of para-hydroxylation sites is 1. The van der Waals surface area contributed by atoms with Gasteiger partial charge in [0.2, 0.25) is 0 Å². The van der Waals surface area contributed by atoms with Gasteiger partial charge >= 0.3 is 12.0 Å². The second-order valence-corrected chi connectivity index (χ2v) is 3.71. The highest BCUT2D eigenvalue weighted by Crippen LogP contribution is 2.18. The Morgan fingerprint density at radius 2 is 2.06 bits per heavy atom. The van der Waals surface area contributed by atoms with Crippen LogP contribution in [0.1, 0.15) is 13.8 Å². The molecule has 1 aromatic carbocycles. The van der Waals surface area contributed by atoms with Crippen molar-refractivity contribution in [3.63, 3.8) is 0 Å². The van der Waals surface area contributed by atoms with Crippen LogP contribution in [-0.2, 0) is 4.79 Å². The lowest BCUT2D eigenvalue weighted by Crippen LogP contribution is -2.47. The van der Waals surface area contributed by atoms with Gasteiger partial charge in [-0.3, -0.25) is 9.69 Å². The van der Waals surface area contributed by atoms with Crippen molar-refractivity contribution in [2.24, 2.45) is 0 Å². The summed E-state index contributed by atoms with van der Waals surface area (Å²) in [5.41, 5.74) is 0.120. The summed E-state index contributed by atoms with van der Waals surface area (Å²) >= 11 is 0. The van der Waals surface area contributed by atoms with Gasteiger partial charge in [-0.05, 0) is 26.0 Å². The van der Waals surface area contributed by atoms with Crippen LogP contribution in [0.3, 0.4) is 0 Å². The van der Waals surface area contributed by atoms with Crippen LogP contribution in [0.2, 0.25) is 0 Å². The summed E-state index contributed by atoms with van der Waals surface area (Å²) < 4.78 is 13.5. The van der Waals surface area contributed by atoms with Gasteiger partial charge in [-0.1, -0.05) is 12.1 Å². The molecule has 0 bridgehead atoms. The van der Waals surface area contributed by atoms with Gasteiger partial charge in [0.25, 0.3) is 0 Å². The first-order valence-electron chi connectivity index (χ1n) is 5.52. The Balaban J connectivity index is 2.87. The highest BCUT2D eigenvalue weighted by Gasteiger charge is 2.21. The van der Waals surface area contributed by atoms with E-state index in [4.69, 9.17) is 5.11 Å². The minimum absolute atomic E-state index is 0.120. The number of benzene rings is 1. The highest BCUT2D eigenvalue weighted by molar-refractivity contribution is 5.94. The molecule has 0 aromatic heterocycles. The van der Waals surface area contributed by atoms with Gasteiger partial charge in [-0.15, -0.1) is 0 Å². The van der Waals surface area contributed by atoms with Crippen molar-refractivity contribution >= 4 is 17.7 Å². The number of aliphatic carboxylic acids is 1. The third kappa shape index (κ3) is 3.19. The first kappa shape index (κ1) is 14.0. The quantitative estimate of drug-likeness (QED) is 0.861. The molecule has 6 heteroatoms. The molecular weight excluding hydrogens is 239 g/mol. The Morgan fingerprint density at radius 3 is 2.56 bits per heavy atom. The van der Waals surface area contributed by atoms with Gasteiger partial charge in [0, 0.05) is 6.54 Å². The lowest BCUT2D eigenvalue weighted by Gasteiger charge is -2.23. The predicted molar refractivity (Wildman–Crippen MR) is 65.0 cm³/mol. The maximum Gasteiger partial charge on any atom is 0.325 e. The summed E-state index contributed by atoms with van der Waals surface area (Å²) in [4.78, 5) is 23.6. The van der Waals surface area contributed by atoms with Crippen molar-refractivity contribution in [2.45, 2.75) is 19.9 Å². The Labute approximate surface area is 104 Å². The molecule has 98 valence electrons. The summed E-state index contributed by atoms with van der Waals surface area (Å²) in [6, 6.07) is 4.16. The second kappa shape index (κ2) is 6.00. The van der Waals surface area contributed by atoms with Crippen LogP contribution in [0.15, 0.2) is 24.3 Å². The standard InChI is InChI=1S/C12H15FN2O3/c1-3-15(10-7-5-4-6-9(10)13)12(18)14-8(2)11(16)17/h4-8H,3H2,1-2H3,(H,14,18)(H,16,17)/t8-/m1/s1. The molecule has 0 aliphatic carbocycles. The first-order valence-corrected chi connectivity index (χ1v) is 5.52. The molecule has 0 saturated carbocycles. The number of nitrogens with one attached hydrogen (secondary N) is 1. The number of amides is 2. The van der Waals surface area contributed by atoms with Gasteiger partial charge in [0.15, 0.2) is 0 Å². The van der Waals surface area contributed by atoms with Gasteiger partial charge < -0.3 is 10.4 Å². The number of carbonyl (C=O) groups excluding carboxylic acids is 1. The van der Waals surface area contributed by atoms with E-state index in [0.29, 0.717) is 0 Å². The lowest BCUT2D eigenvalue weighted by molar-refractivity contribution is -0.138. The largest absolute Gasteiger partial charge is 0.480 e. The third-order valence-electron chi connectivity index (χ3n) is 2.42. The molecule has 0 aliphatic heterocycles. The second-order valence-electron chi connectivity index (χ2n) is 3.71. The fraction of sp³-hybridized carbons (Fsp3) is 0.333. The molecular formula is C12H15FN2O3. The van der Waals surface area contributed by atoms with Crippen LogP contribution in [0.5, 0.6) is 0 Å². The van der Waals surface area contributed by atoms with Crippen molar-refractivity contribution in [3.05, 3.63) is 30.1 Å². The zero-order chi connectivity index (χ0) is 13.7. The number of hydrogen-bond acceptors (Lipinski definition) is 2. The molecule has 2 amide bonds. The number of carboxylic acid groups (broad SMARTS) is 1. The minimum atomic E-state index is -1.15. The number of hydrogen-bond donors (Lipinski definition) is 2. The maximum atomic E-state index is 13.5. The van der Waals surface area contributed by atoms with Crippen LogP contribution in [-0.4, -0.2) is 29.7 Å². The van der Waals surface area contributed by atoms with E-state index in [-0.39, 0.29) is 12.2 Å². The number of halogens is 1. The number of rotatable bonds is 4. The van der Waals surface area contributed by atoms with Crippen LogP contribution >= 0.6 is 0 Å². The van der Waals surface area contributed by atoms with Crippen LogP contribution < -0.4 is 10.2 Å². The first-order chi connectivity index (χ1) is 8.47. The third-order valence-corrected chi connectivity index (χ3v) is 2.42. The van der Waals surface area contributed by atoms with Gasteiger partial charge in [-0.2, -0.15) is 0 Å². The molecule has 0 saturated heterocycles. The Hall–Kier alpha value is -2.11. The molecule has 5 nitrogen and oxygen atoms in total. The zero-order valence-corrected chi connectivity index (χ0v) is 10.2. The average Bonchev–Trinajstić information content (AvgIpc) is 2.32. The summed E-state index contributed by atoms with van der Waals surface area (Å²) in [6.07, 6.45) is 0. The summed E-state index contributed by atoms with van der Waals surface area (Å²) in [5, 5.41) is 11.0. The molecule has 0 heterocycles. The summed E-state index contributed by atoms with van der Waals surface area (Å²) in [6.45, 7) is 3.26. The van der Waals surface area contributed by atoms with Gasteiger partial charge in [-0.25, -0.2) is 9.18 Å². The van der Waals surface area contributed by atoms with Crippen molar-refractivity contribution < 1.29 is 19.1 Å². The molecule has 18 heavy (non-hydrogen) atoms. The number of nitrogens with zero attached hydrogens (tertiary/aromatic N) is 1. The Kier molecular flexibility index (Phi) is 4.65. The van der Waals surface area contributed by atoms with E-state index in [1.807, 2.05) is 0 Å². The number of anilines is 1. The van der Waals surface area contributed by atoms with E-state index in [1.165, 1.54) is 25.1 Å². The molecule has 0 unspecified atom stereocenters. The van der Waals surface area contributed by atoms with E-state index in [0.717, 1.165) is 4.90 Å². The van der Waals surface area contributed by atoms with Crippen molar-refractivity contribution in [2.75, 3.05) is 11.4 Å². The van der Waals surface area contributed by atoms with Crippen molar-refractivity contribution in [1.29, 1.82) is 0 Å². The summed E-state index contributed by atoms with van der Waals surface area (Å²) in [5.74, 6) is -1.68. The lowest BCUT2D eigenvalue weighted by atomic mass is 10.2. The fourth-order valence-electron chi connectivity index (χ4n) is 1.42. The smallest absolute Gasteiger partial charge is 0.325 e. The highest BCUT2D eigenvalue weighted by atomic mass is 19.1. The van der Waals surface area contributed by atoms with Crippen LogP contribution in [0, 0.1) is 5.82 Å². The fourth-order valence-corrected chi connectivity index (χ4v) is 1.42. The number of urea groups is 1. The summed E-state index contributed by atoms with van der Waals surface area (Å²) in [7, 11) is 0. The number of carbonyl (C=O) groups is 2. The molecule has 0 spiro atoms.